The molecule has 0 aromatic heterocycles. The molecule has 0 N–H and O–H groups in total. The molecule has 0 unspecified atom stereocenters. The molecule has 3 heteroatoms. The first-order valence-electron chi connectivity index (χ1n) is 5.01. The smallest absolute Gasteiger partial charge is 0.194 e. The molecule has 2 bridgehead atoms. The van der Waals surface area contributed by atoms with Crippen LogP contribution in [0.3, 0.4) is 0 Å². The van der Waals surface area contributed by atoms with Crippen molar-refractivity contribution < 1.29 is 14.2 Å². The quantitative estimate of drug-likeness (QED) is 0.681. The summed E-state index contributed by atoms with van der Waals surface area (Å²) in [6.45, 7) is 15.9. The molecule has 0 amide bonds. The summed E-state index contributed by atoms with van der Waals surface area (Å²) >= 11 is 0. The summed E-state index contributed by atoms with van der Waals surface area (Å²) in [4.78, 5) is 0. The van der Waals surface area contributed by atoms with Gasteiger partial charge in [-0.15, -0.1) is 0 Å². The van der Waals surface area contributed by atoms with Gasteiger partial charge in [-0.05, 0) is 22.3 Å². The van der Waals surface area contributed by atoms with E-state index < -0.39 is 11.9 Å². The molecule has 2 aliphatic rings. The van der Waals surface area contributed by atoms with Crippen LogP contribution in [0.1, 0.15) is 0 Å². The van der Waals surface area contributed by atoms with Gasteiger partial charge in [0.05, 0.1) is 0 Å². The van der Waals surface area contributed by atoms with Crippen LogP contribution in [0.4, 0.5) is 0 Å². The Morgan fingerprint density at radius 3 is 1.88 bits per heavy atom. The summed E-state index contributed by atoms with van der Waals surface area (Å²) in [5, 5.41) is 0. The largest absolute Gasteiger partial charge is 0.352 e. The molecule has 0 aromatic carbocycles. The summed E-state index contributed by atoms with van der Waals surface area (Å²) in [5.74, 6) is 0. The van der Waals surface area contributed by atoms with Crippen molar-refractivity contribution in [1.82, 2.24) is 0 Å². The maximum Gasteiger partial charge on any atom is 0.194 e. The van der Waals surface area contributed by atoms with E-state index in [2.05, 4.69) is 26.3 Å². The van der Waals surface area contributed by atoms with Crippen LogP contribution in [0.15, 0.2) is 48.6 Å². The summed E-state index contributed by atoms with van der Waals surface area (Å²) in [7, 11) is 3.12. The number of rotatable bonds is 3. The second-order valence-electron chi connectivity index (χ2n) is 4.04. The van der Waals surface area contributed by atoms with Gasteiger partial charge in [0.15, 0.2) is 11.9 Å². The maximum absolute atomic E-state index is 5.90. The zero-order valence-corrected chi connectivity index (χ0v) is 9.71. The lowest BCUT2D eigenvalue weighted by atomic mass is 9.75. The molecule has 2 heterocycles. The average Bonchev–Trinajstić information content (AvgIpc) is 2.68. The van der Waals surface area contributed by atoms with E-state index in [1.54, 1.807) is 14.2 Å². The zero-order chi connectivity index (χ0) is 12.1. The van der Waals surface area contributed by atoms with Crippen LogP contribution >= 0.6 is 0 Å². The van der Waals surface area contributed by atoms with Gasteiger partial charge in [0.2, 0.25) is 0 Å². The van der Waals surface area contributed by atoms with Crippen molar-refractivity contribution in [2.45, 2.75) is 18.0 Å². The molecule has 16 heavy (non-hydrogen) atoms. The van der Waals surface area contributed by atoms with E-state index in [9.17, 15) is 0 Å². The van der Waals surface area contributed by atoms with Crippen molar-refractivity contribution in [2.75, 3.05) is 14.2 Å². The molecule has 2 saturated heterocycles. The fourth-order valence-corrected chi connectivity index (χ4v) is 2.42. The van der Waals surface area contributed by atoms with E-state index in [0.29, 0.717) is 0 Å². The molecule has 2 rings (SSSR count). The Labute approximate surface area is 95.7 Å². The van der Waals surface area contributed by atoms with Gasteiger partial charge in [-0.25, -0.2) is 0 Å². The molecule has 0 aromatic rings. The van der Waals surface area contributed by atoms with Crippen molar-refractivity contribution >= 4 is 0 Å². The number of fused-ring (bicyclic) bond motifs is 2. The first-order valence-corrected chi connectivity index (χ1v) is 5.01. The van der Waals surface area contributed by atoms with Crippen molar-refractivity contribution in [3.05, 3.63) is 48.6 Å². The number of methoxy groups -OCH3 is 2. The summed E-state index contributed by atoms with van der Waals surface area (Å²) in [6, 6.07) is 0. The molecular formula is C13H16O3. The van der Waals surface area contributed by atoms with E-state index in [1.165, 1.54) is 0 Å². The Balaban J connectivity index is 2.53. The summed E-state index contributed by atoms with van der Waals surface area (Å²) < 4.78 is 16.5. The lowest BCUT2D eigenvalue weighted by Crippen LogP contribution is -2.45. The molecule has 2 fully saturated rings. The highest BCUT2D eigenvalue weighted by Crippen LogP contribution is 2.56. The summed E-state index contributed by atoms with van der Waals surface area (Å²) in [5.41, 5.74) is 2.35. The monoisotopic (exact) mass is 220 g/mol. The maximum atomic E-state index is 5.90. The number of ether oxygens (including phenoxy) is 3. The molecular weight excluding hydrogens is 204 g/mol. The fourth-order valence-electron chi connectivity index (χ4n) is 2.42. The minimum atomic E-state index is -0.845. The van der Waals surface area contributed by atoms with Crippen LogP contribution in [0.25, 0.3) is 0 Å². The van der Waals surface area contributed by atoms with Crippen molar-refractivity contribution in [3.8, 4) is 0 Å². The van der Waals surface area contributed by atoms with E-state index in [1.807, 2.05) is 0 Å². The van der Waals surface area contributed by atoms with Gasteiger partial charge in [-0.1, -0.05) is 26.3 Å². The van der Waals surface area contributed by atoms with Crippen LogP contribution in [-0.2, 0) is 14.2 Å². The van der Waals surface area contributed by atoms with Crippen LogP contribution in [-0.4, -0.2) is 32.2 Å². The van der Waals surface area contributed by atoms with Gasteiger partial charge in [0.1, 0.15) is 6.10 Å². The Morgan fingerprint density at radius 2 is 1.50 bits per heavy atom. The first-order chi connectivity index (χ1) is 7.50. The minimum absolute atomic E-state index is 0.229. The Morgan fingerprint density at radius 1 is 1.06 bits per heavy atom. The predicted octanol–water partition coefficient (Wildman–Crippen LogP) is 1.98. The Kier molecular flexibility index (Phi) is 2.42. The van der Waals surface area contributed by atoms with Gasteiger partial charge >= 0.3 is 0 Å². The van der Waals surface area contributed by atoms with E-state index in [0.717, 1.165) is 22.3 Å². The van der Waals surface area contributed by atoms with Crippen LogP contribution < -0.4 is 0 Å². The molecule has 0 spiro atoms. The molecule has 0 saturated carbocycles. The highest BCUT2D eigenvalue weighted by atomic mass is 16.7. The first kappa shape index (κ1) is 11.3. The van der Waals surface area contributed by atoms with Crippen molar-refractivity contribution in [3.63, 3.8) is 0 Å². The Bertz CT molecular complexity index is 373. The normalized spacial score (nSPS) is 33.3. The molecule has 0 radical (unpaired) electrons. The summed E-state index contributed by atoms with van der Waals surface area (Å²) in [6.07, 6.45) is -0.804. The fraction of sp³-hybridized carbons (Fsp3) is 0.385. The van der Waals surface area contributed by atoms with Gasteiger partial charge in [-0.3, -0.25) is 0 Å². The Hall–Kier alpha value is -1.16. The van der Waals surface area contributed by atoms with Gasteiger partial charge < -0.3 is 14.2 Å². The molecule has 3 nitrogen and oxygen atoms in total. The van der Waals surface area contributed by atoms with E-state index >= 15 is 0 Å². The van der Waals surface area contributed by atoms with Crippen LogP contribution in [0.5, 0.6) is 0 Å². The second-order valence-corrected chi connectivity index (χ2v) is 4.04. The third-order valence-corrected chi connectivity index (χ3v) is 3.37. The number of hydrogen-bond acceptors (Lipinski definition) is 3. The lowest BCUT2D eigenvalue weighted by Gasteiger charge is -2.34. The van der Waals surface area contributed by atoms with E-state index in [4.69, 9.17) is 14.2 Å². The second kappa shape index (κ2) is 3.42. The lowest BCUT2D eigenvalue weighted by molar-refractivity contribution is -0.189. The standard InChI is InChI=1S/C13H16O3/c1-7-9(3)13(12(14-5)15-6)10(4)8(2)11(7)16-13/h11-12H,1-4H2,5-6H3. The van der Waals surface area contributed by atoms with Gasteiger partial charge in [0, 0.05) is 14.2 Å². The average molecular weight is 220 g/mol. The van der Waals surface area contributed by atoms with Gasteiger partial charge in [0.25, 0.3) is 0 Å². The SMILES string of the molecule is C=C1C(=C)C2(C(OC)OC)OC1C(=C)C2=C. The zero-order valence-electron chi connectivity index (χ0n) is 9.71. The highest BCUT2D eigenvalue weighted by Gasteiger charge is 2.61. The van der Waals surface area contributed by atoms with Gasteiger partial charge in [-0.2, -0.15) is 0 Å². The predicted molar refractivity (Wildman–Crippen MR) is 62.0 cm³/mol. The van der Waals surface area contributed by atoms with Crippen molar-refractivity contribution in [2.24, 2.45) is 0 Å². The molecule has 86 valence electrons. The third-order valence-electron chi connectivity index (χ3n) is 3.37. The molecule has 2 aliphatic heterocycles. The van der Waals surface area contributed by atoms with Crippen LogP contribution in [0.2, 0.25) is 0 Å². The highest BCUT2D eigenvalue weighted by molar-refractivity contribution is 5.65. The number of hydrogen-bond donors (Lipinski definition) is 0. The van der Waals surface area contributed by atoms with Crippen LogP contribution in [0, 0.1) is 0 Å². The molecule has 0 aliphatic carbocycles. The topological polar surface area (TPSA) is 27.7 Å². The molecule has 0 atom stereocenters. The van der Waals surface area contributed by atoms with E-state index in [-0.39, 0.29) is 6.10 Å². The minimum Gasteiger partial charge on any atom is -0.352 e. The third kappa shape index (κ3) is 1.03. The van der Waals surface area contributed by atoms with Crippen molar-refractivity contribution in [1.29, 1.82) is 0 Å².